The van der Waals surface area contributed by atoms with Crippen LogP contribution in [-0.4, -0.2) is 27.6 Å². The normalized spacial score (nSPS) is 11.6. The van der Waals surface area contributed by atoms with Crippen LogP contribution in [0.3, 0.4) is 0 Å². The molecule has 2 aromatic rings. The minimum absolute atomic E-state index is 0.253. The first-order valence-electron chi connectivity index (χ1n) is 6.12. The summed E-state index contributed by atoms with van der Waals surface area (Å²) in [5.74, 6) is -0.429. The molecule has 0 amide bonds. The molecule has 0 N–H and O–H groups in total. The van der Waals surface area contributed by atoms with Crippen molar-refractivity contribution in [3.05, 3.63) is 23.2 Å². The van der Waals surface area contributed by atoms with E-state index >= 15 is 0 Å². The molecular weight excluding hydrogens is 262 g/mol. The minimum atomic E-state index is -0.429. The summed E-state index contributed by atoms with van der Waals surface area (Å²) in [5.41, 5.74) is 0.747. The van der Waals surface area contributed by atoms with E-state index in [0.717, 1.165) is 10.6 Å². The first-order valence-corrected chi connectivity index (χ1v) is 7.00. The van der Waals surface area contributed by atoms with Gasteiger partial charge in [0.1, 0.15) is 5.69 Å². The van der Waals surface area contributed by atoms with Crippen molar-refractivity contribution in [2.24, 2.45) is 0 Å². The van der Waals surface area contributed by atoms with Crippen LogP contribution >= 0.6 is 11.3 Å². The number of ether oxygens (including phenoxy) is 1. The highest BCUT2D eigenvalue weighted by molar-refractivity contribution is 7.13. The zero-order valence-electron chi connectivity index (χ0n) is 11.5. The largest absolute Gasteiger partial charge is 0.461 e. The Morgan fingerprint density at radius 1 is 1.47 bits per heavy atom. The van der Waals surface area contributed by atoms with Crippen molar-refractivity contribution in [2.45, 2.75) is 33.2 Å². The predicted octanol–water partition coefficient (Wildman–Crippen LogP) is 2.94. The number of carbonyl (C=O) groups excluding carboxylic acids is 1. The van der Waals surface area contributed by atoms with Crippen LogP contribution in [0.15, 0.2) is 17.5 Å². The highest BCUT2D eigenvalue weighted by Crippen LogP contribution is 2.31. The number of rotatable bonds is 3. The van der Waals surface area contributed by atoms with E-state index in [1.54, 1.807) is 22.9 Å². The van der Waals surface area contributed by atoms with E-state index in [1.165, 1.54) is 0 Å². The average Bonchev–Trinajstić information content (AvgIpc) is 2.97. The molecule has 2 aromatic heterocycles. The molecule has 6 heteroatoms. The third-order valence-corrected chi connectivity index (χ3v) is 3.41. The van der Waals surface area contributed by atoms with Crippen LogP contribution in [0, 0.1) is 0 Å². The fourth-order valence-electron chi connectivity index (χ4n) is 1.72. The van der Waals surface area contributed by atoms with Gasteiger partial charge in [0.05, 0.1) is 17.0 Å². The van der Waals surface area contributed by atoms with Crippen LogP contribution in [0.2, 0.25) is 0 Å². The summed E-state index contributed by atoms with van der Waals surface area (Å²) in [4.78, 5) is 12.9. The number of hydrogen-bond donors (Lipinski definition) is 0. The maximum atomic E-state index is 12.0. The average molecular weight is 279 g/mol. The Balaban J connectivity index is 2.57. The lowest BCUT2D eigenvalue weighted by Gasteiger charge is -2.21. The summed E-state index contributed by atoms with van der Waals surface area (Å²) in [7, 11) is 0. The molecule has 19 heavy (non-hydrogen) atoms. The van der Waals surface area contributed by atoms with E-state index in [2.05, 4.69) is 10.3 Å². The van der Waals surface area contributed by atoms with Crippen molar-refractivity contribution in [3.63, 3.8) is 0 Å². The summed E-state index contributed by atoms with van der Waals surface area (Å²) in [6.07, 6.45) is 0. The van der Waals surface area contributed by atoms with Gasteiger partial charge >= 0.3 is 5.97 Å². The molecule has 0 bridgehead atoms. The van der Waals surface area contributed by atoms with Crippen molar-refractivity contribution in [1.82, 2.24) is 15.0 Å². The highest BCUT2D eigenvalue weighted by atomic mass is 32.1. The van der Waals surface area contributed by atoms with E-state index in [1.807, 2.05) is 38.3 Å². The van der Waals surface area contributed by atoms with Gasteiger partial charge in [0.15, 0.2) is 5.69 Å². The van der Waals surface area contributed by atoms with Crippen LogP contribution in [-0.2, 0) is 10.3 Å². The summed E-state index contributed by atoms with van der Waals surface area (Å²) in [6, 6.07) is 3.89. The van der Waals surface area contributed by atoms with Crippen molar-refractivity contribution < 1.29 is 9.53 Å². The van der Waals surface area contributed by atoms with Crippen LogP contribution in [0.5, 0.6) is 0 Å². The van der Waals surface area contributed by atoms with Crippen LogP contribution in [0.1, 0.15) is 38.2 Å². The van der Waals surface area contributed by atoms with E-state index < -0.39 is 5.97 Å². The van der Waals surface area contributed by atoms with E-state index in [-0.39, 0.29) is 11.2 Å². The lowest BCUT2D eigenvalue weighted by atomic mass is 10.1. The maximum absolute atomic E-state index is 12.0. The van der Waals surface area contributed by atoms with Crippen LogP contribution < -0.4 is 0 Å². The molecule has 2 heterocycles. The smallest absolute Gasteiger partial charge is 0.361 e. The maximum Gasteiger partial charge on any atom is 0.361 e. The second kappa shape index (κ2) is 5.13. The van der Waals surface area contributed by atoms with Gasteiger partial charge in [-0.25, -0.2) is 9.48 Å². The first kappa shape index (κ1) is 13.7. The van der Waals surface area contributed by atoms with Crippen molar-refractivity contribution in [3.8, 4) is 10.6 Å². The Morgan fingerprint density at radius 3 is 2.74 bits per heavy atom. The molecule has 0 aliphatic rings. The number of thiophene rings is 1. The van der Waals surface area contributed by atoms with Crippen molar-refractivity contribution in [2.75, 3.05) is 6.61 Å². The summed E-state index contributed by atoms with van der Waals surface area (Å²) < 4.78 is 6.81. The number of esters is 1. The van der Waals surface area contributed by atoms with Crippen molar-refractivity contribution in [1.29, 1.82) is 0 Å². The minimum Gasteiger partial charge on any atom is -0.461 e. The summed E-state index contributed by atoms with van der Waals surface area (Å²) in [6.45, 7) is 8.16. The fraction of sp³-hybridized carbons (Fsp3) is 0.462. The molecule has 0 saturated heterocycles. The van der Waals surface area contributed by atoms with Gasteiger partial charge in [-0.1, -0.05) is 11.3 Å². The highest BCUT2D eigenvalue weighted by Gasteiger charge is 2.28. The van der Waals surface area contributed by atoms with Gasteiger partial charge in [-0.3, -0.25) is 0 Å². The van der Waals surface area contributed by atoms with Gasteiger partial charge in [-0.2, -0.15) is 0 Å². The fourth-order valence-corrected chi connectivity index (χ4v) is 2.48. The Hall–Kier alpha value is -1.69. The second-order valence-electron chi connectivity index (χ2n) is 5.07. The third kappa shape index (κ3) is 2.68. The zero-order chi connectivity index (χ0) is 14.0. The van der Waals surface area contributed by atoms with Crippen molar-refractivity contribution >= 4 is 17.3 Å². The molecule has 5 nitrogen and oxygen atoms in total. The lowest BCUT2D eigenvalue weighted by molar-refractivity contribution is 0.0520. The molecule has 0 saturated carbocycles. The molecule has 2 rings (SSSR count). The topological polar surface area (TPSA) is 57.0 Å². The molecule has 0 fully saturated rings. The van der Waals surface area contributed by atoms with E-state index in [0.29, 0.717) is 6.61 Å². The Labute approximate surface area is 116 Å². The molecule has 0 aliphatic carbocycles. The molecule has 102 valence electrons. The Bertz CT molecular complexity index is 567. The van der Waals surface area contributed by atoms with Gasteiger partial charge in [-0.05, 0) is 39.1 Å². The molecule has 0 atom stereocenters. The summed E-state index contributed by atoms with van der Waals surface area (Å²) >= 11 is 1.55. The Morgan fingerprint density at radius 2 is 2.21 bits per heavy atom. The van der Waals surface area contributed by atoms with Gasteiger partial charge in [0.2, 0.25) is 0 Å². The zero-order valence-corrected chi connectivity index (χ0v) is 12.3. The molecule has 0 radical (unpaired) electrons. The number of carbonyl (C=O) groups is 1. The number of aromatic nitrogens is 3. The molecule has 0 aromatic carbocycles. The monoisotopic (exact) mass is 279 g/mol. The third-order valence-electron chi connectivity index (χ3n) is 2.53. The standard InChI is InChI=1S/C13H17N3O2S/c1-5-18-12(17)10-11(9-7-6-8-19-9)16(15-14-10)13(2,3)4/h6-8H,5H2,1-4H3. The van der Waals surface area contributed by atoms with Gasteiger partial charge < -0.3 is 4.74 Å². The number of nitrogens with zero attached hydrogens (tertiary/aromatic N) is 3. The SMILES string of the molecule is CCOC(=O)c1nnn(C(C)(C)C)c1-c1cccs1. The second-order valence-corrected chi connectivity index (χ2v) is 6.01. The molecular formula is C13H17N3O2S. The van der Waals surface area contributed by atoms with Crippen LogP contribution in [0.25, 0.3) is 10.6 Å². The number of hydrogen-bond acceptors (Lipinski definition) is 5. The first-order chi connectivity index (χ1) is 8.95. The van der Waals surface area contributed by atoms with E-state index in [9.17, 15) is 4.79 Å². The van der Waals surface area contributed by atoms with Gasteiger partial charge in [0, 0.05) is 0 Å². The van der Waals surface area contributed by atoms with Crippen LogP contribution in [0.4, 0.5) is 0 Å². The van der Waals surface area contributed by atoms with Gasteiger partial charge in [-0.15, -0.1) is 16.4 Å². The molecule has 0 unspecified atom stereocenters. The predicted molar refractivity (Wildman–Crippen MR) is 74.3 cm³/mol. The quantitative estimate of drug-likeness (QED) is 0.811. The lowest BCUT2D eigenvalue weighted by Crippen LogP contribution is -2.24. The molecule has 0 spiro atoms. The Kier molecular flexibility index (Phi) is 3.71. The van der Waals surface area contributed by atoms with E-state index in [4.69, 9.17) is 4.74 Å². The van der Waals surface area contributed by atoms with Gasteiger partial charge in [0.25, 0.3) is 0 Å². The summed E-state index contributed by atoms with van der Waals surface area (Å²) in [5, 5.41) is 10.1. The molecule has 0 aliphatic heterocycles.